The van der Waals surface area contributed by atoms with Crippen LogP contribution in [-0.2, 0) is 12.7 Å². The van der Waals surface area contributed by atoms with E-state index >= 15 is 0 Å². The minimum atomic E-state index is -4.66. The monoisotopic (exact) mass is 409 g/mol. The minimum absolute atomic E-state index is 0.117. The number of alkyl halides is 3. The Balaban J connectivity index is 1.72. The zero-order valence-corrected chi connectivity index (χ0v) is 16.7. The van der Waals surface area contributed by atoms with Crippen LogP contribution < -0.4 is 10.2 Å². The van der Waals surface area contributed by atoms with E-state index in [0.29, 0.717) is 0 Å². The van der Waals surface area contributed by atoms with Crippen molar-refractivity contribution in [2.24, 2.45) is 0 Å². The predicted molar refractivity (Wildman–Crippen MR) is 104 cm³/mol. The SMILES string of the molecule is CC(C)n1ncc(C(=O)NCc2ccnc(N3CCCCCC3)c2)c1C(F)(F)F. The van der Waals surface area contributed by atoms with Gasteiger partial charge < -0.3 is 10.2 Å². The largest absolute Gasteiger partial charge is 0.433 e. The van der Waals surface area contributed by atoms with Crippen LogP contribution in [0.25, 0.3) is 0 Å². The molecule has 6 nitrogen and oxygen atoms in total. The highest BCUT2D eigenvalue weighted by Crippen LogP contribution is 2.33. The highest BCUT2D eigenvalue weighted by Gasteiger charge is 2.40. The Morgan fingerprint density at radius 2 is 1.90 bits per heavy atom. The molecule has 9 heteroatoms. The summed E-state index contributed by atoms with van der Waals surface area (Å²) in [5, 5.41) is 6.35. The first-order valence-corrected chi connectivity index (χ1v) is 9.90. The maximum absolute atomic E-state index is 13.5. The van der Waals surface area contributed by atoms with Gasteiger partial charge in [0, 0.05) is 31.9 Å². The van der Waals surface area contributed by atoms with Crippen molar-refractivity contribution in [1.82, 2.24) is 20.1 Å². The molecule has 0 radical (unpaired) electrons. The molecule has 0 saturated carbocycles. The van der Waals surface area contributed by atoms with Gasteiger partial charge in [-0.1, -0.05) is 12.8 Å². The van der Waals surface area contributed by atoms with E-state index in [1.54, 1.807) is 26.1 Å². The first kappa shape index (κ1) is 21.1. The first-order valence-electron chi connectivity index (χ1n) is 9.90. The summed E-state index contributed by atoms with van der Waals surface area (Å²) in [5.41, 5.74) is -0.699. The maximum Gasteiger partial charge on any atom is 0.433 e. The molecule has 1 N–H and O–H groups in total. The smallest absolute Gasteiger partial charge is 0.357 e. The molecule has 0 unspecified atom stereocenters. The number of nitrogens with one attached hydrogen (secondary N) is 1. The number of hydrogen-bond donors (Lipinski definition) is 1. The molecule has 29 heavy (non-hydrogen) atoms. The topological polar surface area (TPSA) is 63.1 Å². The molecule has 2 aromatic rings. The summed E-state index contributed by atoms with van der Waals surface area (Å²) in [5.74, 6) is 0.0413. The van der Waals surface area contributed by atoms with Gasteiger partial charge in [0.25, 0.3) is 5.91 Å². The van der Waals surface area contributed by atoms with E-state index in [4.69, 9.17) is 0 Å². The van der Waals surface area contributed by atoms with Gasteiger partial charge in [0.1, 0.15) is 5.82 Å². The Morgan fingerprint density at radius 1 is 1.21 bits per heavy atom. The van der Waals surface area contributed by atoms with Gasteiger partial charge in [0.05, 0.1) is 11.8 Å². The Hall–Kier alpha value is -2.58. The van der Waals surface area contributed by atoms with E-state index in [1.807, 2.05) is 6.07 Å². The van der Waals surface area contributed by atoms with Crippen molar-refractivity contribution in [3.05, 3.63) is 41.3 Å². The van der Waals surface area contributed by atoms with E-state index in [0.717, 1.165) is 48.2 Å². The van der Waals surface area contributed by atoms with Crippen molar-refractivity contribution in [3.8, 4) is 0 Å². The lowest BCUT2D eigenvalue weighted by atomic mass is 10.2. The first-order chi connectivity index (χ1) is 13.8. The molecule has 0 aromatic carbocycles. The Labute approximate surface area is 168 Å². The molecule has 1 fully saturated rings. The van der Waals surface area contributed by atoms with Gasteiger partial charge >= 0.3 is 6.18 Å². The molecule has 1 saturated heterocycles. The van der Waals surface area contributed by atoms with Gasteiger partial charge in [-0.25, -0.2) is 4.98 Å². The zero-order valence-electron chi connectivity index (χ0n) is 16.7. The van der Waals surface area contributed by atoms with Gasteiger partial charge in [0.15, 0.2) is 5.69 Å². The second-order valence-corrected chi connectivity index (χ2v) is 7.55. The molecule has 1 amide bonds. The summed E-state index contributed by atoms with van der Waals surface area (Å²) in [4.78, 5) is 19.1. The molecule has 3 rings (SSSR count). The molecule has 0 bridgehead atoms. The number of amides is 1. The van der Waals surface area contributed by atoms with Gasteiger partial charge in [-0.3, -0.25) is 9.48 Å². The van der Waals surface area contributed by atoms with Gasteiger partial charge in [0.2, 0.25) is 0 Å². The van der Waals surface area contributed by atoms with Crippen molar-refractivity contribution in [3.63, 3.8) is 0 Å². The third-order valence-corrected chi connectivity index (χ3v) is 4.99. The van der Waals surface area contributed by atoms with Crippen LogP contribution in [0.5, 0.6) is 0 Å². The van der Waals surface area contributed by atoms with Gasteiger partial charge in [-0.05, 0) is 44.4 Å². The number of carbonyl (C=O) groups is 1. The summed E-state index contributed by atoms with van der Waals surface area (Å²) in [7, 11) is 0. The number of nitrogens with zero attached hydrogens (tertiary/aromatic N) is 4. The Kier molecular flexibility index (Phi) is 6.44. The molecule has 158 valence electrons. The van der Waals surface area contributed by atoms with E-state index in [-0.39, 0.29) is 6.54 Å². The fourth-order valence-corrected chi connectivity index (χ4v) is 3.52. The predicted octanol–water partition coefficient (Wildman–Crippen LogP) is 4.19. The van der Waals surface area contributed by atoms with Crippen LogP contribution in [-0.4, -0.2) is 33.8 Å². The number of halogens is 3. The molecular formula is C20H26F3N5O. The number of carbonyl (C=O) groups excluding carboxylic acids is 1. The standard InChI is InChI=1S/C20H26F3N5O/c1-14(2)28-18(20(21,22)23)16(13-26-28)19(29)25-12-15-7-8-24-17(11-15)27-9-5-3-4-6-10-27/h7-8,11,13-14H,3-6,9-10,12H2,1-2H3,(H,25,29). The summed E-state index contributed by atoms with van der Waals surface area (Å²) in [6.45, 7) is 5.17. The van der Waals surface area contributed by atoms with Crippen LogP contribution in [0.2, 0.25) is 0 Å². The molecular weight excluding hydrogens is 383 g/mol. The normalized spacial score (nSPS) is 15.4. The molecule has 2 aromatic heterocycles. The van der Waals surface area contributed by atoms with Crippen molar-refractivity contribution >= 4 is 11.7 Å². The lowest BCUT2D eigenvalue weighted by Crippen LogP contribution is -2.27. The van der Waals surface area contributed by atoms with Crippen LogP contribution in [0.15, 0.2) is 24.5 Å². The van der Waals surface area contributed by atoms with Crippen LogP contribution in [0, 0.1) is 0 Å². The maximum atomic E-state index is 13.5. The lowest BCUT2D eigenvalue weighted by Gasteiger charge is -2.21. The number of anilines is 1. The molecule has 1 aliphatic rings. The van der Waals surface area contributed by atoms with Crippen LogP contribution >= 0.6 is 0 Å². The molecule has 3 heterocycles. The van der Waals surface area contributed by atoms with E-state index in [2.05, 4.69) is 20.3 Å². The average molecular weight is 409 g/mol. The van der Waals surface area contributed by atoms with Crippen molar-refractivity contribution in [2.45, 2.75) is 58.3 Å². The summed E-state index contributed by atoms with van der Waals surface area (Å²) < 4.78 is 41.2. The molecule has 1 aliphatic heterocycles. The molecule has 0 aliphatic carbocycles. The number of rotatable bonds is 5. The second-order valence-electron chi connectivity index (χ2n) is 7.55. The Bertz CT molecular complexity index is 839. The summed E-state index contributed by atoms with van der Waals surface area (Å²) >= 11 is 0. The highest BCUT2D eigenvalue weighted by molar-refractivity contribution is 5.95. The van der Waals surface area contributed by atoms with Gasteiger partial charge in [-0.15, -0.1) is 0 Å². The van der Waals surface area contributed by atoms with Crippen molar-refractivity contribution in [2.75, 3.05) is 18.0 Å². The zero-order chi connectivity index (χ0) is 21.0. The third kappa shape index (κ3) is 5.07. The fourth-order valence-electron chi connectivity index (χ4n) is 3.52. The quantitative estimate of drug-likeness (QED) is 0.805. The second kappa shape index (κ2) is 8.84. The minimum Gasteiger partial charge on any atom is -0.357 e. The summed E-state index contributed by atoms with van der Waals surface area (Å²) in [6.07, 6.45) is 2.62. The fraction of sp³-hybridized carbons (Fsp3) is 0.550. The molecule has 0 atom stereocenters. The number of aromatic nitrogens is 3. The highest BCUT2D eigenvalue weighted by atomic mass is 19.4. The van der Waals surface area contributed by atoms with Crippen molar-refractivity contribution in [1.29, 1.82) is 0 Å². The van der Waals surface area contributed by atoms with Gasteiger partial charge in [-0.2, -0.15) is 18.3 Å². The number of pyridine rings is 1. The van der Waals surface area contributed by atoms with E-state index in [1.165, 1.54) is 12.8 Å². The van der Waals surface area contributed by atoms with E-state index < -0.39 is 29.4 Å². The summed E-state index contributed by atoms with van der Waals surface area (Å²) in [6, 6.07) is 3.13. The number of hydrogen-bond acceptors (Lipinski definition) is 4. The van der Waals surface area contributed by atoms with Crippen LogP contribution in [0.4, 0.5) is 19.0 Å². The van der Waals surface area contributed by atoms with E-state index in [9.17, 15) is 18.0 Å². The average Bonchev–Trinajstić information content (AvgIpc) is 2.97. The lowest BCUT2D eigenvalue weighted by molar-refractivity contribution is -0.145. The van der Waals surface area contributed by atoms with Crippen LogP contribution in [0.1, 0.15) is 67.2 Å². The van der Waals surface area contributed by atoms with Crippen molar-refractivity contribution < 1.29 is 18.0 Å². The third-order valence-electron chi connectivity index (χ3n) is 4.99. The van der Waals surface area contributed by atoms with Crippen LogP contribution in [0.3, 0.4) is 0 Å². The Morgan fingerprint density at radius 3 is 2.52 bits per heavy atom. The molecule has 0 spiro atoms.